The van der Waals surface area contributed by atoms with Crippen LogP contribution in [-0.2, 0) is 6.54 Å². The lowest BCUT2D eigenvalue weighted by atomic mass is 10.3. The minimum absolute atomic E-state index is 0.00985. The first-order valence-corrected chi connectivity index (χ1v) is 7.21. The molecule has 0 saturated carbocycles. The molecule has 0 bridgehead atoms. The van der Waals surface area contributed by atoms with E-state index in [9.17, 15) is 4.79 Å². The van der Waals surface area contributed by atoms with E-state index in [-0.39, 0.29) is 5.69 Å². The lowest BCUT2D eigenvalue weighted by Crippen LogP contribution is -2.39. The van der Waals surface area contributed by atoms with E-state index in [2.05, 4.69) is 22.1 Å². The second-order valence-corrected chi connectivity index (χ2v) is 5.78. The molecular weight excluding hydrogens is 252 g/mol. The maximum Gasteiger partial charge on any atom is 0.358 e. The van der Waals surface area contributed by atoms with E-state index in [0.29, 0.717) is 6.54 Å². The van der Waals surface area contributed by atoms with Gasteiger partial charge >= 0.3 is 5.97 Å². The third-order valence-corrected chi connectivity index (χ3v) is 4.45. The van der Waals surface area contributed by atoms with Gasteiger partial charge < -0.3 is 5.11 Å². The molecule has 7 heteroatoms. The third-order valence-electron chi connectivity index (χ3n) is 3.08. The zero-order valence-electron chi connectivity index (χ0n) is 10.4. The van der Waals surface area contributed by atoms with Crippen molar-refractivity contribution in [2.24, 2.45) is 0 Å². The van der Waals surface area contributed by atoms with Gasteiger partial charge in [0.05, 0.1) is 12.7 Å². The molecule has 0 aromatic carbocycles. The molecule has 1 N–H and O–H groups in total. The number of carboxylic acids is 1. The summed E-state index contributed by atoms with van der Waals surface area (Å²) in [5.74, 6) is 0.151. The summed E-state index contributed by atoms with van der Waals surface area (Å²) in [5, 5.41) is 16.9. The molecule has 1 aliphatic rings. The van der Waals surface area contributed by atoms with Gasteiger partial charge in [-0.1, -0.05) is 12.1 Å². The van der Waals surface area contributed by atoms with Gasteiger partial charge in [-0.15, -0.1) is 5.10 Å². The van der Waals surface area contributed by atoms with Crippen molar-refractivity contribution in [3.05, 3.63) is 11.9 Å². The van der Waals surface area contributed by atoms with Crippen LogP contribution in [0.5, 0.6) is 0 Å². The fourth-order valence-electron chi connectivity index (χ4n) is 1.98. The first kappa shape index (κ1) is 13.4. The average Bonchev–Trinajstić information content (AvgIpc) is 2.85. The van der Waals surface area contributed by atoms with Gasteiger partial charge in [0.1, 0.15) is 0 Å². The molecule has 6 nitrogen and oxygen atoms in total. The van der Waals surface area contributed by atoms with Crippen LogP contribution in [0.3, 0.4) is 0 Å². The van der Waals surface area contributed by atoms with Crippen LogP contribution in [-0.4, -0.2) is 61.6 Å². The largest absolute Gasteiger partial charge is 0.476 e. The fraction of sp³-hybridized carbons (Fsp3) is 0.727. The molecule has 1 saturated heterocycles. The number of nitrogens with zero attached hydrogens (tertiary/aromatic N) is 4. The van der Waals surface area contributed by atoms with Crippen LogP contribution < -0.4 is 0 Å². The Morgan fingerprint density at radius 3 is 3.11 bits per heavy atom. The number of aromatic carboxylic acids is 1. The molecule has 0 amide bonds. The summed E-state index contributed by atoms with van der Waals surface area (Å²) in [5.41, 5.74) is 0.00985. The Morgan fingerprint density at radius 2 is 2.44 bits per heavy atom. The first-order valence-electron chi connectivity index (χ1n) is 6.16. The van der Waals surface area contributed by atoms with Gasteiger partial charge in [0.25, 0.3) is 0 Å². The SMILES string of the molecule is CCC1CN(CCn2cc(C(=O)O)nn2)CCS1. The summed E-state index contributed by atoms with van der Waals surface area (Å²) in [6.45, 7) is 6.03. The van der Waals surface area contributed by atoms with Gasteiger partial charge in [-0.05, 0) is 6.42 Å². The van der Waals surface area contributed by atoms with Crippen molar-refractivity contribution in [2.45, 2.75) is 25.1 Å². The van der Waals surface area contributed by atoms with Gasteiger partial charge in [0.15, 0.2) is 5.69 Å². The van der Waals surface area contributed by atoms with Crippen LogP contribution >= 0.6 is 11.8 Å². The number of thioether (sulfide) groups is 1. The van der Waals surface area contributed by atoms with Gasteiger partial charge in [-0.3, -0.25) is 9.58 Å². The first-order chi connectivity index (χ1) is 8.69. The van der Waals surface area contributed by atoms with E-state index in [4.69, 9.17) is 5.11 Å². The van der Waals surface area contributed by atoms with Crippen LogP contribution in [0, 0.1) is 0 Å². The predicted octanol–water partition coefficient (Wildman–Crippen LogP) is 0.804. The highest BCUT2D eigenvalue weighted by Crippen LogP contribution is 2.20. The highest BCUT2D eigenvalue weighted by atomic mass is 32.2. The summed E-state index contributed by atoms with van der Waals surface area (Å²) in [7, 11) is 0. The second kappa shape index (κ2) is 6.19. The van der Waals surface area contributed by atoms with Gasteiger partial charge in [-0.2, -0.15) is 11.8 Å². The quantitative estimate of drug-likeness (QED) is 0.853. The maximum atomic E-state index is 10.7. The van der Waals surface area contributed by atoms with Crippen LogP contribution in [0.1, 0.15) is 23.8 Å². The summed E-state index contributed by atoms with van der Waals surface area (Å²) in [4.78, 5) is 13.1. The Kier molecular flexibility index (Phi) is 4.60. The molecule has 1 aliphatic heterocycles. The Labute approximate surface area is 110 Å². The zero-order valence-corrected chi connectivity index (χ0v) is 11.3. The molecule has 2 heterocycles. The fourth-order valence-corrected chi connectivity index (χ4v) is 3.23. The minimum atomic E-state index is -1.03. The third kappa shape index (κ3) is 3.46. The summed E-state index contributed by atoms with van der Waals surface area (Å²) >= 11 is 2.04. The second-order valence-electron chi connectivity index (χ2n) is 4.37. The molecule has 100 valence electrons. The van der Waals surface area contributed by atoms with E-state index in [1.54, 1.807) is 4.68 Å². The molecule has 1 atom stereocenters. The van der Waals surface area contributed by atoms with Crippen molar-refractivity contribution < 1.29 is 9.90 Å². The number of rotatable bonds is 5. The molecule has 1 unspecified atom stereocenters. The molecule has 1 aromatic heterocycles. The lowest BCUT2D eigenvalue weighted by molar-refractivity contribution is 0.0690. The monoisotopic (exact) mass is 270 g/mol. The van der Waals surface area contributed by atoms with Crippen molar-refractivity contribution in [1.29, 1.82) is 0 Å². The van der Waals surface area contributed by atoms with Crippen LogP contribution in [0.4, 0.5) is 0 Å². The smallest absolute Gasteiger partial charge is 0.358 e. The predicted molar refractivity (Wildman–Crippen MR) is 70.0 cm³/mol. The topological polar surface area (TPSA) is 71.2 Å². The highest BCUT2D eigenvalue weighted by Gasteiger charge is 2.18. The van der Waals surface area contributed by atoms with Crippen LogP contribution in [0.2, 0.25) is 0 Å². The Hall–Kier alpha value is -1.08. The molecule has 0 radical (unpaired) electrons. The average molecular weight is 270 g/mol. The molecule has 1 aromatic rings. The maximum absolute atomic E-state index is 10.7. The molecule has 0 aliphatic carbocycles. The van der Waals surface area contributed by atoms with E-state index in [0.717, 1.165) is 24.9 Å². The zero-order chi connectivity index (χ0) is 13.0. The highest BCUT2D eigenvalue weighted by molar-refractivity contribution is 8.00. The standard InChI is InChI=1S/C11H18N4O2S/c1-2-9-7-14(5-6-18-9)3-4-15-8-10(11(16)17)12-13-15/h8-9H,2-7H2,1H3,(H,16,17). The minimum Gasteiger partial charge on any atom is -0.476 e. The molecule has 2 rings (SSSR count). The molecular formula is C11H18N4O2S. The Bertz CT molecular complexity index is 410. The number of carbonyl (C=O) groups is 1. The Morgan fingerprint density at radius 1 is 1.61 bits per heavy atom. The van der Waals surface area contributed by atoms with Gasteiger partial charge in [0.2, 0.25) is 0 Å². The van der Waals surface area contributed by atoms with Crippen molar-refractivity contribution in [3.8, 4) is 0 Å². The molecule has 18 heavy (non-hydrogen) atoms. The van der Waals surface area contributed by atoms with E-state index in [1.807, 2.05) is 11.8 Å². The Balaban J connectivity index is 1.81. The number of hydrogen-bond acceptors (Lipinski definition) is 5. The van der Waals surface area contributed by atoms with Crippen molar-refractivity contribution in [2.75, 3.05) is 25.4 Å². The summed E-state index contributed by atoms with van der Waals surface area (Å²) < 4.78 is 1.60. The van der Waals surface area contributed by atoms with Crippen LogP contribution in [0.15, 0.2) is 6.20 Å². The van der Waals surface area contributed by atoms with Gasteiger partial charge in [-0.25, -0.2) is 4.79 Å². The summed E-state index contributed by atoms with van der Waals surface area (Å²) in [6.07, 6.45) is 2.69. The number of hydrogen-bond donors (Lipinski definition) is 1. The van der Waals surface area contributed by atoms with Crippen molar-refractivity contribution in [3.63, 3.8) is 0 Å². The number of aromatic nitrogens is 3. The van der Waals surface area contributed by atoms with Crippen molar-refractivity contribution >= 4 is 17.7 Å². The van der Waals surface area contributed by atoms with Crippen molar-refractivity contribution in [1.82, 2.24) is 19.9 Å². The van der Waals surface area contributed by atoms with Crippen LogP contribution in [0.25, 0.3) is 0 Å². The van der Waals surface area contributed by atoms with E-state index < -0.39 is 5.97 Å². The van der Waals surface area contributed by atoms with Gasteiger partial charge in [0, 0.05) is 30.6 Å². The normalized spacial score (nSPS) is 21.1. The molecule has 1 fully saturated rings. The van der Waals surface area contributed by atoms with E-state index >= 15 is 0 Å². The lowest BCUT2D eigenvalue weighted by Gasteiger charge is -2.31. The summed E-state index contributed by atoms with van der Waals surface area (Å²) in [6, 6.07) is 0. The number of carboxylic acid groups (broad SMARTS) is 1. The molecule has 0 spiro atoms. The van der Waals surface area contributed by atoms with E-state index in [1.165, 1.54) is 18.4 Å².